The number of pyridine rings is 1. The molecular weight excluding hydrogens is 342 g/mol. The zero-order valence-corrected chi connectivity index (χ0v) is 15.1. The average molecular weight is 364 g/mol. The molecule has 3 rings (SSSR count). The van der Waals surface area contributed by atoms with Crippen LogP contribution in [0.25, 0.3) is 0 Å². The van der Waals surface area contributed by atoms with Crippen molar-refractivity contribution in [1.82, 2.24) is 30.0 Å². The molecule has 9 heteroatoms. The molecule has 8 nitrogen and oxygen atoms in total. The summed E-state index contributed by atoms with van der Waals surface area (Å²) in [6.07, 6.45) is 3.32. The van der Waals surface area contributed by atoms with E-state index < -0.39 is 0 Å². The highest BCUT2D eigenvalue weighted by Gasteiger charge is 2.24. The topological polar surface area (TPSA) is 79.2 Å². The molecule has 1 aliphatic heterocycles. The lowest BCUT2D eigenvalue weighted by atomic mass is 10.3. The zero-order valence-electron chi connectivity index (χ0n) is 14.4. The summed E-state index contributed by atoms with van der Waals surface area (Å²) in [6, 6.07) is 3.46. The molecule has 0 bridgehead atoms. The minimum absolute atomic E-state index is 0.0816. The van der Waals surface area contributed by atoms with Gasteiger partial charge in [0.1, 0.15) is 12.1 Å². The number of rotatable bonds is 4. The van der Waals surface area contributed by atoms with E-state index in [2.05, 4.69) is 25.4 Å². The standard InChI is InChI=1S/C16H22ClN7O/c1-3-22-11-19-21-15(22)12(2)20-16(25)24-8-6-23(7-9-24)14-5-4-13(17)10-18-14/h4-5,10-12H,3,6-9H2,1-2H3,(H,20,25)/t12-/m1/s1. The van der Waals surface area contributed by atoms with E-state index in [0.29, 0.717) is 18.1 Å². The fourth-order valence-corrected chi connectivity index (χ4v) is 2.99. The molecule has 0 saturated carbocycles. The van der Waals surface area contributed by atoms with Crippen LogP contribution in [0.4, 0.5) is 10.6 Å². The second-order valence-electron chi connectivity index (χ2n) is 5.96. The van der Waals surface area contributed by atoms with Crippen LogP contribution in [0.2, 0.25) is 5.02 Å². The SMILES string of the molecule is CCn1cnnc1[C@@H](C)NC(=O)N1CCN(c2ccc(Cl)cn2)CC1. The van der Waals surface area contributed by atoms with Gasteiger partial charge < -0.3 is 19.7 Å². The number of nitrogens with zero attached hydrogens (tertiary/aromatic N) is 6. The lowest BCUT2D eigenvalue weighted by Crippen LogP contribution is -2.52. The quantitative estimate of drug-likeness (QED) is 0.898. The molecule has 1 atom stereocenters. The fourth-order valence-electron chi connectivity index (χ4n) is 2.88. The number of aryl methyl sites for hydroxylation is 1. The summed E-state index contributed by atoms with van der Waals surface area (Å²) in [5.74, 6) is 1.65. The van der Waals surface area contributed by atoms with E-state index in [4.69, 9.17) is 11.6 Å². The molecule has 0 radical (unpaired) electrons. The second kappa shape index (κ2) is 7.69. The summed E-state index contributed by atoms with van der Waals surface area (Å²) in [5, 5.41) is 11.6. The van der Waals surface area contributed by atoms with E-state index in [9.17, 15) is 4.79 Å². The predicted octanol–water partition coefficient (Wildman–Crippen LogP) is 1.94. The van der Waals surface area contributed by atoms with Crippen molar-refractivity contribution in [3.8, 4) is 0 Å². The third-order valence-electron chi connectivity index (χ3n) is 4.32. The van der Waals surface area contributed by atoms with E-state index in [-0.39, 0.29) is 12.1 Å². The van der Waals surface area contributed by atoms with Gasteiger partial charge in [-0.25, -0.2) is 9.78 Å². The van der Waals surface area contributed by atoms with Crippen molar-refractivity contribution in [2.45, 2.75) is 26.4 Å². The van der Waals surface area contributed by atoms with Crippen LogP contribution in [0.15, 0.2) is 24.7 Å². The Hall–Kier alpha value is -2.35. The summed E-state index contributed by atoms with van der Waals surface area (Å²) in [6.45, 7) is 7.47. The Labute approximate surface area is 151 Å². The molecule has 1 aliphatic rings. The summed E-state index contributed by atoms with van der Waals surface area (Å²) < 4.78 is 1.93. The minimum Gasteiger partial charge on any atom is -0.353 e. The molecule has 1 saturated heterocycles. The Bertz CT molecular complexity index is 710. The molecule has 2 amide bonds. The number of carbonyl (C=O) groups is 1. The highest BCUT2D eigenvalue weighted by molar-refractivity contribution is 6.30. The number of amides is 2. The number of piperazine rings is 1. The highest BCUT2D eigenvalue weighted by Crippen LogP contribution is 2.16. The van der Waals surface area contributed by atoms with Gasteiger partial charge in [0.2, 0.25) is 0 Å². The number of carbonyl (C=O) groups excluding carboxylic acids is 1. The Kier molecular flexibility index (Phi) is 5.37. The van der Waals surface area contributed by atoms with Crippen LogP contribution in [0.3, 0.4) is 0 Å². The lowest BCUT2D eigenvalue weighted by molar-refractivity contribution is 0.190. The molecule has 1 N–H and O–H groups in total. The molecular formula is C16H22ClN7O. The lowest BCUT2D eigenvalue weighted by Gasteiger charge is -2.35. The maximum Gasteiger partial charge on any atom is 0.318 e. The molecule has 0 aromatic carbocycles. The van der Waals surface area contributed by atoms with Crippen molar-refractivity contribution >= 4 is 23.4 Å². The summed E-state index contributed by atoms with van der Waals surface area (Å²) in [5.41, 5.74) is 0. The van der Waals surface area contributed by atoms with Gasteiger partial charge in [0, 0.05) is 38.9 Å². The smallest absolute Gasteiger partial charge is 0.318 e. The Morgan fingerprint density at radius 2 is 2.08 bits per heavy atom. The van der Waals surface area contributed by atoms with Crippen LogP contribution in [0.1, 0.15) is 25.7 Å². The number of hydrogen-bond acceptors (Lipinski definition) is 5. The van der Waals surface area contributed by atoms with Crippen molar-refractivity contribution in [1.29, 1.82) is 0 Å². The Morgan fingerprint density at radius 3 is 2.72 bits per heavy atom. The molecule has 3 heterocycles. The number of nitrogens with one attached hydrogen (secondary N) is 1. The highest BCUT2D eigenvalue weighted by atomic mass is 35.5. The average Bonchev–Trinajstić information content (AvgIpc) is 3.11. The van der Waals surface area contributed by atoms with Crippen molar-refractivity contribution in [2.24, 2.45) is 0 Å². The van der Waals surface area contributed by atoms with Gasteiger partial charge in [-0.05, 0) is 26.0 Å². The second-order valence-corrected chi connectivity index (χ2v) is 6.39. The molecule has 25 heavy (non-hydrogen) atoms. The van der Waals surface area contributed by atoms with Gasteiger partial charge in [0.25, 0.3) is 0 Å². The first-order chi connectivity index (χ1) is 12.1. The first kappa shape index (κ1) is 17.5. The van der Waals surface area contributed by atoms with Crippen molar-refractivity contribution < 1.29 is 4.79 Å². The van der Waals surface area contributed by atoms with Gasteiger partial charge in [-0.15, -0.1) is 10.2 Å². The summed E-state index contributed by atoms with van der Waals surface area (Å²) >= 11 is 5.87. The van der Waals surface area contributed by atoms with Crippen molar-refractivity contribution in [3.05, 3.63) is 35.5 Å². The molecule has 134 valence electrons. The van der Waals surface area contributed by atoms with Crippen LogP contribution >= 0.6 is 11.6 Å². The Morgan fingerprint density at radius 1 is 1.32 bits per heavy atom. The number of urea groups is 1. The van der Waals surface area contributed by atoms with Crippen molar-refractivity contribution in [2.75, 3.05) is 31.1 Å². The largest absolute Gasteiger partial charge is 0.353 e. The van der Waals surface area contributed by atoms with Crippen LogP contribution in [0.5, 0.6) is 0 Å². The monoisotopic (exact) mass is 363 g/mol. The predicted molar refractivity (Wildman–Crippen MR) is 95.7 cm³/mol. The minimum atomic E-state index is -0.189. The van der Waals surface area contributed by atoms with Gasteiger partial charge >= 0.3 is 6.03 Å². The van der Waals surface area contributed by atoms with Gasteiger partial charge in [0.15, 0.2) is 5.82 Å². The number of anilines is 1. The number of hydrogen-bond donors (Lipinski definition) is 1. The van der Waals surface area contributed by atoms with Gasteiger partial charge in [-0.2, -0.15) is 0 Å². The summed E-state index contributed by atoms with van der Waals surface area (Å²) in [4.78, 5) is 20.8. The molecule has 0 unspecified atom stereocenters. The molecule has 1 fully saturated rings. The summed E-state index contributed by atoms with van der Waals surface area (Å²) in [7, 11) is 0. The van der Waals surface area contributed by atoms with Crippen molar-refractivity contribution in [3.63, 3.8) is 0 Å². The fraction of sp³-hybridized carbons (Fsp3) is 0.500. The van der Waals surface area contributed by atoms with Crippen LogP contribution in [0, 0.1) is 0 Å². The Balaban J connectivity index is 1.54. The third-order valence-corrected chi connectivity index (χ3v) is 4.54. The van der Waals surface area contributed by atoms with E-state index in [1.807, 2.05) is 35.4 Å². The van der Waals surface area contributed by atoms with Crippen LogP contribution < -0.4 is 10.2 Å². The van der Waals surface area contributed by atoms with E-state index in [1.165, 1.54) is 0 Å². The molecule has 0 aliphatic carbocycles. The van der Waals surface area contributed by atoms with Gasteiger partial charge in [0.05, 0.1) is 11.1 Å². The number of aromatic nitrogens is 4. The maximum atomic E-state index is 12.5. The normalized spacial score (nSPS) is 16.0. The van der Waals surface area contributed by atoms with E-state index in [1.54, 1.807) is 12.5 Å². The third kappa shape index (κ3) is 4.01. The molecule has 2 aromatic heterocycles. The van der Waals surface area contributed by atoms with E-state index in [0.717, 1.165) is 31.3 Å². The van der Waals surface area contributed by atoms with Crippen LogP contribution in [-0.2, 0) is 6.54 Å². The van der Waals surface area contributed by atoms with E-state index >= 15 is 0 Å². The van der Waals surface area contributed by atoms with Crippen LogP contribution in [-0.4, -0.2) is 56.9 Å². The van der Waals surface area contributed by atoms with Gasteiger partial charge in [-0.1, -0.05) is 11.6 Å². The first-order valence-electron chi connectivity index (χ1n) is 8.38. The number of halogens is 1. The molecule has 2 aromatic rings. The zero-order chi connectivity index (χ0) is 17.8. The maximum absolute atomic E-state index is 12.5. The first-order valence-corrected chi connectivity index (χ1v) is 8.76. The van der Waals surface area contributed by atoms with Gasteiger partial charge in [-0.3, -0.25) is 0 Å². The molecule has 0 spiro atoms.